The van der Waals surface area contributed by atoms with Crippen molar-refractivity contribution in [1.29, 1.82) is 0 Å². The van der Waals surface area contributed by atoms with E-state index in [0.717, 1.165) is 0 Å². The number of rotatable bonds is 4. The van der Waals surface area contributed by atoms with Gasteiger partial charge >= 0.3 is 58.2 Å². The van der Waals surface area contributed by atoms with Gasteiger partial charge in [0.25, 0.3) is 0 Å². The van der Waals surface area contributed by atoms with Gasteiger partial charge in [0, 0.05) is 13.0 Å². The third-order valence-corrected chi connectivity index (χ3v) is 2.61. The van der Waals surface area contributed by atoms with E-state index in [9.17, 15) is 5.11 Å². The van der Waals surface area contributed by atoms with E-state index in [-0.39, 0.29) is 71.2 Å². The molecule has 17 heavy (non-hydrogen) atoms. The second-order valence-electron chi connectivity index (χ2n) is 3.61. The van der Waals surface area contributed by atoms with Gasteiger partial charge in [0.1, 0.15) is 5.60 Å². The minimum atomic E-state index is -1.26. The molecule has 2 N–H and O–H groups in total. The Morgan fingerprint density at radius 3 is 2.47 bits per heavy atom. The van der Waals surface area contributed by atoms with Crippen molar-refractivity contribution >= 4 is 0 Å². The first-order valence-corrected chi connectivity index (χ1v) is 5.09. The maximum Gasteiger partial charge on any atom is 1.00 e. The van der Waals surface area contributed by atoms with Crippen molar-refractivity contribution in [3.05, 3.63) is 54.1 Å². The molecule has 0 aliphatic carbocycles. The minimum Gasteiger partial charge on any atom is -0.449 e. The fourth-order valence-electron chi connectivity index (χ4n) is 1.74. The molecule has 5 heteroatoms. The molecule has 0 aliphatic heterocycles. The smallest absolute Gasteiger partial charge is 0.449 e. The van der Waals surface area contributed by atoms with Crippen LogP contribution >= 0.6 is 0 Å². The third-order valence-electron chi connectivity index (χ3n) is 2.61. The number of imidazole rings is 1. The fourth-order valence-corrected chi connectivity index (χ4v) is 1.74. The van der Waals surface area contributed by atoms with Crippen LogP contribution in [-0.4, -0.2) is 21.8 Å². The molecular formula is C12H13N2O2Rb. The zero-order valence-electron chi connectivity index (χ0n) is 9.74. The summed E-state index contributed by atoms with van der Waals surface area (Å²) in [7, 11) is 0. The quantitative estimate of drug-likeness (QED) is 0.664. The van der Waals surface area contributed by atoms with Gasteiger partial charge in [0.15, 0.2) is 0 Å². The standard InChI is InChI=1S/C12H13N2O2.Rb/c15-7-6-12(16,11-8-13-9-14-11)10-4-2-1-3-5-10;/h1-5,8-9,15-16H,6-7H2;/q-1;+1. The van der Waals surface area contributed by atoms with Crippen molar-refractivity contribution in [3.8, 4) is 0 Å². The second kappa shape index (κ2) is 6.92. The van der Waals surface area contributed by atoms with Gasteiger partial charge in [0.05, 0.1) is 0 Å². The molecule has 0 spiro atoms. The Bertz CT molecular complexity index is 433. The van der Waals surface area contributed by atoms with Crippen molar-refractivity contribution in [3.63, 3.8) is 0 Å². The number of aromatic nitrogens is 2. The van der Waals surface area contributed by atoms with Crippen molar-refractivity contribution in [2.24, 2.45) is 0 Å². The summed E-state index contributed by atoms with van der Waals surface area (Å²) < 4.78 is 0. The van der Waals surface area contributed by atoms with E-state index in [1.54, 1.807) is 0 Å². The van der Waals surface area contributed by atoms with Gasteiger partial charge in [-0.2, -0.15) is 0 Å². The van der Waals surface area contributed by atoms with Crippen LogP contribution in [-0.2, 0) is 5.60 Å². The van der Waals surface area contributed by atoms with E-state index in [1.807, 2.05) is 30.3 Å². The predicted octanol–water partition coefficient (Wildman–Crippen LogP) is -2.34. The Morgan fingerprint density at radius 2 is 1.94 bits per heavy atom. The van der Waals surface area contributed by atoms with E-state index in [1.165, 1.54) is 12.5 Å². The molecule has 1 heterocycles. The first-order valence-electron chi connectivity index (χ1n) is 5.09. The Labute approximate surface area is 149 Å². The number of benzene rings is 1. The van der Waals surface area contributed by atoms with Crippen molar-refractivity contribution < 1.29 is 68.4 Å². The largest absolute Gasteiger partial charge is 1.00 e. The number of aliphatic hydroxyl groups excluding tert-OH is 1. The van der Waals surface area contributed by atoms with Crippen LogP contribution in [0.4, 0.5) is 0 Å². The number of hydrogen-bond donors (Lipinski definition) is 2. The summed E-state index contributed by atoms with van der Waals surface area (Å²) in [5.74, 6) is 0. The zero-order chi connectivity index (χ0) is 11.4. The second-order valence-corrected chi connectivity index (χ2v) is 3.61. The maximum atomic E-state index is 10.6. The molecule has 0 radical (unpaired) electrons. The van der Waals surface area contributed by atoms with Gasteiger partial charge < -0.3 is 20.2 Å². The molecule has 0 aliphatic rings. The van der Waals surface area contributed by atoms with Crippen LogP contribution in [0.25, 0.3) is 0 Å². The molecule has 84 valence electrons. The summed E-state index contributed by atoms with van der Waals surface area (Å²) in [6, 6.07) is 9.18. The normalized spacial score (nSPS) is 13.8. The molecule has 1 aromatic carbocycles. The van der Waals surface area contributed by atoms with Crippen LogP contribution in [0.1, 0.15) is 17.7 Å². The van der Waals surface area contributed by atoms with Gasteiger partial charge in [-0.3, -0.25) is 0 Å². The molecule has 4 nitrogen and oxygen atoms in total. The first-order chi connectivity index (χ1) is 7.77. The zero-order valence-corrected chi connectivity index (χ0v) is 14.7. The summed E-state index contributed by atoms with van der Waals surface area (Å²) in [4.78, 5) is 7.85. The number of nitrogens with zero attached hydrogens (tertiary/aromatic N) is 2. The summed E-state index contributed by atoms with van der Waals surface area (Å²) >= 11 is 0. The molecule has 2 rings (SSSR count). The van der Waals surface area contributed by atoms with E-state index in [4.69, 9.17) is 5.11 Å². The summed E-state index contributed by atoms with van der Waals surface area (Å²) in [5.41, 5.74) is -0.0794. The topological polar surface area (TPSA) is 67.5 Å². The van der Waals surface area contributed by atoms with E-state index in [2.05, 4.69) is 9.97 Å². The summed E-state index contributed by atoms with van der Waals surface area (Å²) in [6.07, 6.45) is 3.11. The Balaban J connectivity index is 0.00000144. The Morgan fingerprint density at radius 1 is 1.24 bits per heavy atom. The molecule has 0 amide bonds. The van der Waals surface area contributed by atoms with Crippen LogP contribution in [0, 0.1) is 0 Å². The van der Waals surface area contributed by atoms with Gasteiger partial charge in [-0.25, -0.2) is 0 Å². The monoisotopic (exact) mass is 302 g/mol. The molecule has 0 saturated heterocycles. The Hall–Kier alpha value is 0.155. The molecule has 0 saturated carbocycles. The van der Waals surface area contributed by atoms with Gasteiger partial charge in [-0.15, -0.1) is 0 Å². The summed E-state index contributed by atoms with van der Waals surface area (Å²) in [6.45, 7) is -0.113. The van der Waals surface area contributed by atoms with Gasteiger partial charge in [0.2, 0.25) is 0 Å². The van der Waals surface area contributed by atoms with E-state index in [0.29, 0.717) is 11.3 Å². The van der Waals surface area contributed by atoms with Gasteiger partial charge in [-0.05, 0) is 11.3 Å². The first kappa shape index (κ1) is 15.2. The van der Waals surface area contributed by atoms with Crippen LogP contribution in [0.5, 0.6) is 0 Å². The van der Waals surface area contributed by atoms with Gasteiger partial charge in [-0.1, -0.05) is 42.9 Å². The third kappa shape index (κ3) is 3.33. The van der Waals surface area contributed by atoms with Crippen LogP contribution in [0.15, 0.2) is 42.9 Å². The Kier molecular flexibility index (Phi) is 6.19. The van der Waals surface area contributed by atoms with E-state index < -0.39 is 5.60 Å². The molecule has 1 unspecified atom stereocenters. The van der Waals surface area contributed by atoms with Crippen LogP contribution < -0.4 is 63.2 Å². The van der Waals surface area contributed by atoms with Crippen molar-refractivity contribution in [2.75, 3.05) is 6.61 Å². The molecule has 1 atom stereocenters. The van der Waals surface area contributed by atoms with Crippen LogP contribution in [0.2, 0.25) is 0 Å². The number of hydrogen-bond acceptors (Lipinski definition) is 3. The summed E-state index contributed by atoms with van der Waals surface area (Å²) in [5, 5.41) is 19.6. The minimum absolute atomic E-state index is 0. The maximum absolute atomic E-state index is 10.6. The molecule has 2 aromatic rings. The fraction of sp³-hybridized carbons (Fsp3) is 0.250. The predicted molar refractivity (Wildman–Crippen MR) is 58.7 cm³/mol. The van der Waals surface area contributed by atoms with Crippen LogP contribution in [0.3, 0.4) is 0 Å². The van der Waals surface area contributed by atoms with Crippen molar-refractivity contribution in [2.45, 2.75) is 12.0 Å². The average Bonchev–Trinajstić information content (AvgIpc) is 2.84. The molecule has 1 aromatic heterocycles. The average molecular weight is 303 g/mol. The number of aliphatic hydroxyl groups is 2. The van der Waals surface area contributed by atoms with E-state index >= 15 is 0 Å². The molecular weight excluding hydrogens is 290 g/mol. The van der Waals surface area contributed by atoms with Crippen molar-refractivity contribution in [1.82, 2.24) is 9.97 Å². The molecule has 0 bridgehead atoms. The molecule has 0 fully saturated rings. The SMILES string of the molecule is OCCC(O)(c1ccccc1)c1c[n-]cn1.[Rb+].